The van der Waals surface area contributed by atoms with E-state index in [1.54, 1.807) is 32.4 Å². The molecule has 0 bridgehead atoms. The molecule has 0 aliphatic heterocycles. The number of carbonyl (C=O) groups excluding carboxylic acids is 1. The Hall–Kier alpha value is -2.89. The van der Waals surface area contributed by atoms with Gasteiger partial charge in [-0.3, -0.25) is 4.79 Å². The van der Waals surface area contributed by atoms with Gasteiger partial charge in [0.05, 0.1) is 20.4 Å². The van der Waals surface area contributed by atoms with Crippen LogP contribution in [0, 0.1) is 5.82 Å². The van der Waals surface area contributed by atoms with E-state index in [1.807, 2.05) is 0 Å². The third kappa shape index (κ3) is 4.05. The zero-order valence-electron chi connectivity index (χ0n) is 12.2. The molecule has 0 fully saturated rings. The Morgan fingerprint density at radius 2 is 1.68 bits per heavy atom. The highest BCUT2D eigenvalue weighted by Gasteiger charge is 2.04. The fraction of sp³-hybridized carbons (Fsp3) is 0.125. The molecule has 0 spiro atoms. The zero-order chi connectivity index (χ0) is 15.9. The molecule has 1 N–H and O–H groups in total. The van der Waals surface area contributed by atoms with Crippen molar-refractivity contribution in [2.75, 3.05) is 14.2 Å². The molecule has 0 unspecified atom stereocenters. The van der Waals surface area contributed by atoms with E-state index in [4.69, 9.17) is 9.47 Å². The van der Waals surface area contributed by atoms with Gasteiger partial charge in [0, 0.05) is 17.2 Å². The van der Waals surface area contributed by atoms with Crippen molar-refractivity contribution < 1.29 is 18.7 Å². The highest BCUT2D eigenvalue weighted by Crippen LogP contribution is 2.21. The molecule has 6 heteroatoms. The van der Waals surface area contributed by atoms with E-state index in [-0.39, 0.29) is 0 Å². The van der Waals surface area contributed by atoms with Gasteiger partial charge in [-0.2, -0.15) is 5.10 Å². The third-order valence-corrected chi connectivity index (χ3v) is 2.86. The Kier molecular flexibility index (Phi) is 5.08. The molecule has 0 saturated heterocycles. The lowest BCUT2D eigenvalue weighted by atomic mass is 10.2. The van der Waals surface area contributed by atoms with Crippen LogP contribution in [0.5, 0.6) is 11.5 Å². The van der Waals surface area contributed by atoms with Gasteiger partial charge in [0.25, 0.3) is 5.91 Å². The number of nitrogens with zero attached hydrogens (tertiary/aromatic N) is 1. The lowest BCUT2D eigenvalue weighted by Crippen LogP contribution is -2.17. The highest BCUT2D eigenvalue weighted by molar-refractivity contribution is 5.94. The predicted molar refractivity (Wildman–Crippen MR) is 81.0 cm³/mol. The van der Waals surface area contributed by atoms with Gasteiger partial charge >= 0.3 is 0 Å². The number of carbonyl (C=O) groups is 1. The fourth-order valence-electron chi connectivity index (χ4n) is 1.74. The number of rotatable bonds is 5. The van der Waals surface area contributed by atoms with Crippen molar-refractivity contribution in [2.24, 2.45) is 5.10 Å². The average molecular weight is 302 g/mol. The number of amides is 1. The van der Waals surface area contributed by atoms with Crippen molar-refractivity contribution in [3.05, 3.63) is 59.4 Å². The molecule has 22 heavy (non-hydrogen) atoms. The molecular weight excluding hydrogens is 287 g/mol. The number of methoxy groups -OCH3 is 2. The van der Waals surface area contributed by atoms with E-state index in [1.165, 1.54) is 30.5 Å². The van der Waals surface area contributed by atoms with E-state index < -0.39 is 11.7 Å². The second-order valence-electron chi connectivity index (χ2n) is 4.35. The van der Waals surface area contributed by atoms with Gasteiger partial charge in [-0.05, 0) is 36.4 Å². The molecule has 0 aliphatic carbocycles. The van der Waals surface area contributed by atoms with Crippen molar-refractivity contribution in [2.45, 2.75) is 0 Å². The monoisotopic (exact) mass is 302 g/mol. The van der Waals surface area contributed by atoms with Gasteiger partial charge < -0.3 is 9.47 Å². The molecule has 114 valence electrons. The van der Waals surface area contributed by atoms with Crippen LogP contribution in [0.25, 0.3) is 0 Å². The minimum Gasteiger partial charge on any atom is -0.497 e. The first-order valence-electron chi connectivity index (χ1n) is 6.44. The number of hydrazone groups is 1. The zero-order valence-corrected chi connectivity index (χ0v) is 12.2. The second kappa shape index (κ2) is 7.21. The first kappa shape index (κ1) is 15.5. The smallest absolute Gasteiger partial charge is 0.271 e. The maximum absolute atomic E-state index is 12.8. The van der Waals surface area contributed by atoms with Gasteiger partial charge in [0.1, 0.15) is 17.3 Å². The Labute approximate surface area is 127 Å². The van der Waals surface area contributed by atoms with Gasteiger partial charge in [0.2, 0.25) is 0 Å². The first-order valence-corrected chi connectivity index (χ1v) is 6.44. The Morgan fingerprint density at radius 1 is 1.09 bits per heavy atom. The quantitative estimate of drug-likeness (QED) is 0.682. The van der Waals surface area contributed by atoms with Crippen LogP contribution < -0.4 is 14.9 Å². The average Bonchev–Trinajstić information content (AvgIpc) is 2.55. The van der Waals surface area contributed by atoms with E-state index in [0.717, 1.165) is 0 Å². The minimum absolute atomic E-state index is 0.321. The number of halogens is 1. The van der Waals surface area contributed by atoms with Crippen LogP contribution in [0.3, 0.4) is 0 Å². The van der Waals surface area contributed by atoms with E-state index >= 15 is 0 Å². The minimum atomic E-state index is -0.425. The van der Waals surface area contributed by atoms with Crippen molar-refractivity contribution in [3.63, 3.8) is 0 Å². The predicted octanol–water partition coefficient (Wildman–Crippen LogP) is 2.61. The summed E-state index contributed by atoms with van der Waals surface area (Å²) in [5.74, 6) is 0.408. The van der Waals surface area contributed by atoms with Crippen molar-refractivity contribution in [3.8, 4) is 11.5 Å². The summed E-state index contributed by atoms with van der Waals surface area (Å²) < 4.78 is 23.1. The molecule has 0 heterocycles. The van der Waals surface area contributed by atoms with E-state index in [9.17, 15) is 9.18 Å². The summed E-state index contributed by atoms with van der Waals surface area (Å²) in [5.41, 5.74) is 3.39. The first-order chi connectivity index (χ1) is 10.6. The maximum Gasteiger partial charge on any atom is 0.271 e. The lowest BCUT2D eigenvalue weighted by Gasteiger charge is -2.05. The molecule has 2 rings (SSSR count). The Bertz CT molecular complexity index is 662. The van der Waals surface area contributed by atoms with Crippen molar-refractivity contribution in [1.82, 2.24) is 5.43 Å². The normalized spacial score (nSPS) is 10.5. The summed E-state index contributed by atoms with van der Waals surface area (Å²) in [5, 5.41) is 3.86. The highest BCUT2D eigenvalue weighted by atomic mass is 19.1. The molecule has 5 nitrogen and oxygen atoms in total. The number of nitrogens with one attached hydrogen (secondary N) is 1. The summed E-state index contributed by atoms with van der Waals surface area (Å²) in [6, 6.07) is 10.4. The molecular formula is C16H15FN2O3. The standard InChI is InChI=1S/C16H15FN2O3/c1-21-14-7-11(8-15(9-14)22-2)10-18-19-16(20)12-3-5-13(17)6-4-12/h3-10H,1-2H3,(H,19,20). The van der Waals surface area contributed by atoms with Crippen molar-refractivity contribution >= 4 is 12.1 Å². The van der Waals surface area contributed by atoms with Crippen LogP contribution >= 0.6 is 0 Å². The summed E-state index contributed by atoms with van der Waals surface area (Å²) in [7, 11) is 3.10. The summed E-state index contributed by atoms with van der Waals surface area (Å²) in [6.45, 7) is 0. The molecule has 0 aromatic heterocycles. The van der Waals surface area contributed by atoms with Crippen LogP contribution in [0.1, 0.15) is 15.9 Å². The third-order valence-electron chi connectivity index (χ3n) is 2.86. The summed E-state index contributed by atoms with van der Waals surface area (Å²) in [6.07, 6.45) is 1.46. The maximum atomic E-state index is 12.8. The molecule has 0 atom stereocenters. The lowest BCUT2D eigenvalue weighted by molar-refractivity contribution is 0.0955. The van der Waals surface area contributed by atoms with Gasteiger partial charge in [-0.15, -0.1) is 0 Å². The number of hydrogen-bond acceptors (Lipinski definition) is 4. The second-order valence-corrected chi connectivity index (χ2v) is 4.35. The molecule has 0 saturated carbocycles. The summed E-state index contributed by atoms with van der Waals surface area (Å²) in [4.78, 5) is 11.8. The van der Waals surface area contributed by atoms with Crippen LogP contribution in [-0.4, -0.2) is 26.3 Å². The SMILES string of the molecule is COc1cc(C=NNC(=O)c2ccc(F)cc2)cc(OC)c1. The van der Waals surface area contributed by atoms with Crippen LogP contribution in [0.2, 0.25) is 0 Å². The van der Waals surface area contributed by atoms with Crippen LogP contribution in [0.4, 0.5) is 4.39 Å². The topological polar surface area (TPSA) is 59.9 Å². The van der Waals surface area contributed by atoms with E-state index in [0.29, 0.717) is 22.6 Å². The molecule has 1 amide bonds. The Balaban J connectivity index is 2.05. The molecule has 0 radical (unpaired) electrons. The van der Waals surface area contributed by atoms with Gasteiger partial charge in [0.15, 0.2) is 0 Å². The Morgan fingerprint density at radius 3 is 2.23 bits per heavy atom. The van der Waals surface area contributed by atoms with Crippen molar-refractivity contribution in [1.29, 1.82) is 0 Å². The largest absolute Gasteiger partial charge is 0.497 e. The van der Waals surface area contributed by atoms with Crippen LogP contribution in [0.15, 0.2) is 47.6 Å². The molecule has 2 aromatic rings. The van der Waals surface area contributed by atoms with Crippen LogP contribution in [-0.2, 0) is 0 Å². The summed E-state index contributed by atoms with van der Waals surface area (Å²) >= 11 is 0. The van der Waals surface area contributed by atoms with Gasteiger partial charge in [-0.25, -0.2) is 9.82 Å². The molecule has 0 aliphatic rings. The molecule has 2 aromatic carbocycles. The number of hydrogen-bond donors (Lipinski definition) is 1. The fourth-order valence-corrected chi connectivity index (χ4v) is 1.74. The number of ether oxygens (including phenoxy) is 2. The van der Waals surface area contributed by atoms with E-state index in [2.05, 4.69) is 10.5 Å². The number of benzene rings is 2. The van der Waals surface area contributed by atoms with Gasteiger partial charge in [-0.1, -0.05) is 0 Å².